The van der Waals surface area contributed by atoms with Crippen LogP contribution in [-0.2, 0) is 5.41 Å². The highest BCUT2D eigenvalue weighted by molar-refractivity contribution is 5.85. The Labute approximate surface area is 127 Å². The second-order valence-electron chi connectivity index (χ2n) is 7.06. The lowest BCUT2D eigenvalue weighted by atomic mass is 9.56. The van der Waals surface area contributed by atoms with E-state index in [1.807, 2.05) is 12.1 Å². The Kier molecular flexibility index (Phi) is 3.17. The average molecular weight is 280 g/mol. The Morgan fingerprint density at radius 1 is 0.857 bits per heavy atom. The van der Waals surface area contributed by atoms with Crippen molar-refractivity contribution >= 4 is 10.8 Å². The molecular weight excluding hydrogens is 256 g/mol. The van der Waals surface area contributed by atoms with Gasteiger partial charge in [0.2, 0.25) is 0 Å². The molecule has 4 rings (SSSR count). The van der Waals surface area contributed by atoms with E-state index in [0.29, 0.717) is 5.75 Å². The van der Waals surface area contributed by atoms with Crippen molar-refractivity contribution in [2.24, 2.45) is 5.92 Å². The summed E-state index contributed by atoms with van der Waals surface area (Å²) in [4.78, 5) is 0. The van der Waals surface area contributed by atoms with Crippen molar-refractivity contribution in [3.63, 3.8) is 0 Å². The van der Waals surface area contributed by atoms with Gasteiger partial charge in [0.15, 0.2) is 0 Å². The summed E-state index contributed by atoms with van der Waals surface area (Å²) in [6.45, 7) is 0. The van der Waals surface area contributed by atoms with Gasteiger partial charge in [-0.2, -0.15) is 0 Å². The fraction of sp³-hybridized carbons (Fsp3) is 0.500. The average Bonchev–Trinajstić information content (AvgIpc) is 2.54. The summed E-state index contributed by atoms with van der Waals surface area (Å²) in [5, 5.41) is 13.1. The van der Waals surface area contributed by atoms with Gasteiger partial charge in [0.05, 0.1) is 0 Å². The number of fused-ring (bicyclic) bond motifs is 2. The van der Waals surface area contributed by atoms with Crippen LogP contribution in [0.15, 0.2) is 36.4 Å². The Morgan fingerprint density at radius 3 is 2.14 bits per heavy atom. The summed E-state index contributed by atoms with van der Waals surface area (Å²) in [7, 11) is 0. The lowest BCUT2D eigenvalue weighted by Gasteiger charge is -2.48. The van der Waals surface area contributed by atoms with Crippen LogP contribution in [0.25, 0.3) is 10.8 Å². The molecule has 0 aromatic heterocycles. The highest BCUT2D eigenvalue weighted by atomic mass is 16.3. The molecule has 0 atom stereocenters. The molecule has 0 bridgehead atoms. The first-order valence-corrected chi connectivity index (χ1v) is 8.52. The molecule has 0 spiro atoms. The Bertz CT molecular complexity index is 646. The third kappa shape index (κ3) is 2.06. The molecule has 2 aromatic carbocycles. The van der Waals surface area contributed by atoms with E-state index in [2.05, 4.69) is 24.3 Å². The number of benzene rings is 2. The molecule has 0 saturated heterocycles. The fourth-order valence-electron chi connectivity index (χ4n) is 5.01. The molecule has 0 unspecified atom stereocenters. The second kappa shape index (κ2) is 5.05. The van der Waals surface area contributed by atoms with E-state index in [0.717, 1.165) is 11.3 Å². The van der Waals surface area contributed by atoms with E-state index in [4.69, 9.17) is 0 Å². The van der Waals surface area contributed by atoms with Crippen molar-refractivity contribution in [3.05, 3.63) is 42.0 Å². The van der Waals surface area contributed by atoms with Crippen LogP contribution in [0.4, 0.5) is 0 Å². The van der Waals surface area contributed by atoms with Crippen LogP contribution in [0.5, 0.6) is 5.75 Å². The van der Waals surface area contributed by atoms with Gasteiger partial charge in [-0.25, -0.2) is 0 Å². The number of hydrogen-bond acceptors (Lipinski definition) is 1. The topological polar surface area (TPSA) is 20.2 Å². The molecule has 1 N–H and O–H groups in total. The van der Waals surface area contributed by atoms with Crippen LogP contribution in [0.1, 0.15) is 56.9 Å². The zero-order valence-electron chi connectivity index (χ0n) is 12.6. The minimum absolute atomic E-state index is 0.255. The summed E-state index contributed by atoms with van der Waals surface area (Å²) < 4.78 is 0. The van der Waals surface area contributed by atoms with E-state index < -0.39 is 0 Å². The van der Waals surface area contributed by atoms with Gasteiger partial charge in [-0.05, 0) is 54.5 Å². The predicted molar refractivity (Wildman–Crippen MR) is 87.7 cm³/mol. The van der Waals surface area contributed by atoms with Crippen molar-refractivity contribution in [2.75, 3.05) is 0 Å². The van der Waals surface area contributed by atoms with Crippen LogP contribution < -0.4 is 0 Å². The molecule has 2 fully saturated rings. The van der Waals surface area contributed by atoms with Gasteiger partial charge in [-0.15, -0.1) is 0 Å². The summed E-state index contributed by atoms with van der Waals surface area (Å²) in [5.41, 5.74) is 1.50. The molecule has 0 amide bonds. The molecule has 21 heavy (non-hydrogen) atoms. The number of rotatable bonds is 1. The van der Waals surface area contributed by atoms with Crippen LogP contribution >= 0.6 is 0 Å². The molecule has 0 heterocycles. The summed E-state index contributed by atoms with van der Waals surface area (Å²) in [6.07, 6.45) is 10.6. The van der Waals surface area contributed by atoms with Gasteiger partial charge in [-0.1, -0.05) is 49.9 Å². The molecule has 1 nitrogen and oxygen atoms in total. The molecule has 0 radical (unpaired) electrons. The third-order valence-electron chi connectivity index (χ3n) is 6.03. The van der Waals surface area contributed by atoms with Gasteiger partial charge >= 0.3 is 0 Å². The molecule has 110 valence electrons. The number of phenolic OH excluding ortho intramolecular Hbond substituents is 1. The van der Waals surface area contributed by atoms with Crippen LogP contribution in [0.3, 0.4) is 0 Å². The number of aromatic hydroxyl groups is 1. The first kappa shape index (κ1) is 13.2. The SMILES string of the molecule is Oc1cc2ccccc2cc1C12CCCCC1CCCC2. The maximum atomic E-state index is 10.7. The van der Waals surface area contributed by atoms with Gasteiger partial charge in [0, 0.05) is 11.0 Å². The Morgan fingerprint density at radius 2 is 1.48 bits per heavy atom. The minimum Gasteiger partial charge on any atom is -0.508 e. The molecular formula is C20H24O. The largest absolute Gasteiger partial charge is 0.508 e. The monoisotopic (exact) mass is 280 g/mol. The first-order chi connectivity index (χ1) is 10.3. The van der Waals surface area contributed by atoms with E-state index >= 15 is 0 Å². The van der Waals surface area contributed by atoms with Crippen LogP contribution in [0, 0.1) is 5.92 Å². The van der Waals surface area contributed by atoms with Crippen molar-refractivity contribution in [3.8, 4) is 5.75 Å². The van der Waals surface area contributed by atoms with Gasteiger partial charge in [0.1, 0.15) is 5.75 Å². The van der Waals surface area contributed by atoms with Gasteiger partial charge in [-0.3, -0.25) is 0 Å². The maximum absolute atomic E-state index is 10.7. The quantitative estimate of drug-likeness (QED) is 0.726. The number of phenols is 1. The summed E-state index contributed by atoms with van der Waals surface area (Å²) in [5.74, 6) is 1.31. The predicted octanol–water partition coefficient (Wildman–Crippen LogP) is 5.55. The van der Waals surface area contributed by atoms with Crippen molar-refractivity contribution in [1.29, 1.82) is 0 Å². The minimum atomic E-state index is 0.255. The lowest BCUT2D eigenvalue weighted by Crippen LogP contribution is -2.40. The summed E-state index contributed by atoms with van der Waals surface area (Å²) >= 11 is 0. The zero-order valence-corrected chi connectivity index (χ0v) is 12.6. The van der Waals surface area contributed by atoms with Crippen molar-refractivity contribution in [2.45, 2.75) is 56.8 Å². The molecule has 2 aliphatic rings. The van der Waals surface area contributed by atoms with Gasteiger partial charge in [0.25, 0.3) is 0 Å². The van der Waals surface area contributed by atoms with E-state index in [9.17, 15) is 5.11 Å². The molecule has 2 aromatic rings. The van der Waals surface area contributed by atoms with Crippen LogP contribution in [-0.4, -0.2) is 5.11 Å². The van der Waals surface area contributed by atoms with Crippen molar-refractivity contribution in [1.82, 2.24) is 0 Å². The van der Waals surface area contributed by atoms with Gasteiger partial charge < -0.3 is 5.11 Å². The Hall–Kier alpha value is -1.50. The lowest BCUT2D eigenvalue weighted by molar-refractivity contribution is 0.121. The van der Waals surface area contributed by atoms with E-state index in [1.54, 1.807) is 0 Å². The first-order valence-electron chi connectivity index (χ1n) is 8.52. The zero-order chi connectivity index (χ0) is 14.3. The van der Waals surface area contributed by atoms with E-state index in [1.165, 1.54) is 62.3 Å². The number of hydrogen-bond donors (Lipinski definition) is 1. The highest BCUT2D eigenvalue weighted by Crippen LogP contribution is 2.54. The van der Waals surface area contributed by atoms with Crippen LogP contribution in [0.2, 0.25) is 0 Å². The molecule has 2 aliphatic carbocycles. The molecule has 0 aliphatic heterocycles. The normalized spacial score (nSPS) is 29.2. The maximum Gasteiger partial charge on any atom is 0.119 e. The smallest absolute Gasteiger partial charge is 0.119 e. The molecule has 1 heteroatoms. The standard InChI is InChI=1S/C20H24O/c21-19-14-16-8-2-1-7-15(16)13-18(19)20-11-5-3-9-17(20)10-4-6-12-20/h1-2,7-8,13-14,17,21H,3-6,9-12H2. The fourth-order valence-corrected chi connectivity index (χ4v) is 5.01. The second-order valence-corrected chi connectivity index (χ2v) is 7.06. The summed E-state index contributed by atoms with van der Waals surface area (Å²) in [6, 6.07) is 12.7. The molecule has 2 saturated carbocycles. The third-order valence-corrected chi connectivity index (χ3v) is 6.03. The Balaban J connectivity index is 1.88. The van der Waals surface area contributed by atoms with E-state index in [-0.39, 0.29) is 5.41 Å². The highest BCUT2D eigenvalue weighted by Gasteiger charge is 2.44. The van der Waals surface area contributed by atoms with Crippen molar-refractivity contribution < 1.29 is 5.11 Å².